The maximum Gasteiger partial charge on any atom is 0.287 e. The third-order valence-corrected chi connectivity index (χ3v) is 2.66. The van der Waals surface area contributed by atoms with Crippen molar-refractivity contribution in [3.63, 3.8) is 0 Å². The minimum atomic E-state index is -1.48. The lowest BCUT2D eigenvalue weighted by atomic mass is 10.1. The van der Waals surface area contributed by atoms with Crippen molar-refractivity contribution in [2.24, 2.45) is 0 Å². The van der Waals surface area contributed by atoms with Crippen LogP contribution in [0, 0.1) is 0 Å². The Kier molecular flexibility index (Phi) is 5.24. The Morgan fingerprint density at radius 2 is 2.05 bits per heavy atom. The molecule has 2 amide bonds. The van der Waals surface area contributed by atoms with E-state index in [4.69, 9.17) is 9.84 Å². The second kappa shape index (κ2) is 6.48. The molecular formula is C10H16N2O7. The van der Waals surface area contributed by atoms with E-state index in [9.17, 15) is 24.9 Å². The van der Waals surface area contributed by atoms with Gasteiger partial charge in [0.15, 0.2) is 12.0 Å². The minimum Gasteiger partial charge on any atom is -0.502 e. The number of ether oxygens (including phenoxy) is 1. The largest absolute Gasteiger partial charge is 0.502 e. The van der Waals surface area contributed by atoms with Crippen molar-refractivity contribution in [3.05, 3.63) is 12.0 Å². The van der Waals surface area contributed by atoms with Crippen LogP contribution in [0.3, 0.4) is 0 Å². The molecule has 5 N–H and O–H groups in total. The van der Waals surface area contributed by atoms with E-state index in [2.05, 4.69) is 5.32 Å². The number of rotatable bonds is 5. The first-order valence-corrected chi connectivity index (χ1v) is 5.44. The van der Waals surface area contributed by atoms with Crippen LogP contribution in [0.2, 0.25) is 0 Å². The average Bonchev–Trinajstić information content (AvgIpc) is 2.71. The Balaban J connectivity index is 2.87. The molecule has 1 fully saturated rings. The van der Waals surface area contributed by atoms with Crippen molar-refractivity contribution in [2.75, 3.05) is 13.7 Å². The van der Waals surface area contributed by atoms with E-state index < -0.39 is 42.8 Å². The van der Waals surface area contributed by atoms with Crippen LogP contribution in [0.4, 0.5) is 0 Å². The van der Waals surface area contributed by atoms with Crippen LogP contribution in [-0.2, 0) is 14.3 Å². The normalized spacial score (nSPS) is 31.1. The number of aliphatic hydroxyl groups excluding tert-OH is 4. The van der Waals surface area contributed by atoms with Gasteiger partial charge in [0, 0.05) is 7.05 Å². The number of aliphatic hydroxyl groups is 4. The van der Waals surface area contributed by atoms with Gasteiger partial charge in [-0.15, -0.1) is 0 Å². The second-order valence-electron chi connectivity index (χ2n) is 3.87. The summed E-state index contributed by atoms with van der Waals surface area (Å²) in [4.78, 5) is 22.7. The molecule has 0 saturated carbocycles. The lowest BCUT2D eigenvalue weighted by molar-refractivity contribution is -0.133. The van der Waals surface area contributed by atoms with E-state index >= 15 is 0 Å². The van der Waals surface area contributed by atoms with Crippen LogP contribution in [0.5, 0.6) is 0 Å². The average molecular weight is 276 g/mol. The lowest BCUT2D eigenvalue weighted by Gasteiger charge is -2.23. The summed E-state index contributed by atoms with van der Waals surface area (Å²) in [6.45, 7) is -0.549. The molecule has 19 heavy (non-hydrogen) atoms. The zero-order chi connectivity index (χ0) is 14.6. The smallest absolute Gasteiger partial charge is 0.287 e. The van der Waals surface area contributed by atoms with Crippen molar-refractivity contribution >= 4 is 12.3 Å². The first-order chi connectivity index (χ1) is 8.96. The standard InChI is InChI=1S/C10H16N2O7/c1-11-9(18)5(15)2-12(4-14)10-8(17)7(16)6(3-13)19-10/h2,4,6-8,10,13,15-17H,3H2,1H3,(H,11,18)/b5-2+. The zero-order valence-corrected chi connectivity index (χ0v) is 10.1. The van der Waals surface area contributed by atoms with Gasteiger partial charge < -0.3 is 30.5 Å². The minimum absolute atomic E-state index is 0.208. The molecular weight excluding hydrogens is 260 g/mol. The fourth-order valence-electron chi connectivity index (χ4n) is 1.62. The number of nitrogens with zero attached hydrogens (tertiary/aromatic N) is 1. The van der Waals surface area contributed by atoms with Crippen LogP contribution >= 0.6 is 0 Å². The number of hydrogen-bond donors (Lipinski definition) is 5. The summed E-state index contributed by atoms with van der Waals surface area (Å²) < 4.78 is 5.06. The molecule has 9 nitrogen and oxygen atoms in total. The molecule has 4 atom stereocenters. The van der Waals surface area contributed by atoms with Gasteiger partial charge in [-0.3, -0.25) is 14.5 Å². The van der Waals surface area contributed by atoms with Gasteiger partial charge in [0.25, 0.3) is 5.91 Å². The number of hydrogen-bond acceptors (Lipinski definition) is 7. The predicted octanol–water partition coefficient (Wildman–Crippen LogP) is -2.97. The number of carbonyl (C=O) groups is 2. The second-order valence-corrected chi connectivity index (χ2v) is 3.87. The summed E-state index contributed by atoms with van der Waals surface area (Å²) in [5.41, 5.74) is 0. The molecule has 1 aliphatic rings. The zero-order valence-electron chi connectivity index (χ0n) is 10.1. The molecule has 4 unspecified atom stereocenters. The number of nitrogens with one attached hydrogen (secondary N) is 1. The first kappa shape index (κ1) is 15.4. The maximum absolute atomic E-state index is 11.1. The summed E-state index contributed by atoms with van der Waals surface area (Å²) in [6.07, 6.45) is -4.26. The lowest BCUT2D eigenvalue weighted by Crippen LogP contribution is -2.41. The van der Waals surface area contributed by atoms with Crippen LogP contribution in [0.1, 0.15) is 0 Å². The van der Waals surface area contributed by atoms with Crippen molar-refractivity contribution in [3.8, 4) is 0 Å². The van der Waals surface area contributed by atoms with E-state index in [1.165, 1.54) is 7.05 Å². The van der Waals surface area contributed by atoms with Gasteiger partial charge in [-0.2, -0.15) is 0 Å². The fourth-order valence-corrected chi connectivity index (χ4v) is 1.62. The highest BCUT2D eigenvalue weighted by atomic mass is 16.6. The Morgan fingerprint density at radius 3 is 2.47 bits per heavy atom. The molecule has 0 aliphatic carbocycles. The van der Waals surface area contributed by atoms with Gasteiger partial charge in [-0.25, -0.2) is 0 Å². The summed E-state index contributed by atoms with van der Waals surface area (Å²) in [7, 11) is 1.28. The summed E-state index contributed by atoms with van der Waals surface area (Å²) in [6, 6.07) is 0. The molecule has 0 aromatic rings. The van der Waals surface area contributed by atoms with Crippen LogP contribution < -0.4 is 5.32 Å². The maximum atomic E-state index is 11.1. The Bertz CT molecular complexity index is 373. The number of likely N-dealkylation sites (N-methyl/N-ethyl adjacent to an activating group) is 1. The molecule has 0 aromatic carbocycles. The highest BCUT2D eigenvalue weighted by molar-refractivity contribution is 5.90. The van der Waals surface area contributed by atoms with E-state index in [1.54, 1.807) is 0 Å². The van der Waals surface area contributed by atoms with Crippen molar-refractivity contribution in [1.29, 1.82) is 0 Å². The third-order valence-electron chi connectivity index (χ3n) is 2.66. The van der Waals surface area contributed by atoms with E-state index in [0.717, 1.165) is 6.20 Å². The fraction of sp³-hybridized carbons (Fsp3) is 0.600. The molecule has 1 aliphatic heterocycles. The first-order valence-electron chi connectivity index (χ1n) is 5.44. The molecule has 108 valence electrons. The van der Waals surface area contributed by atoms with Gasteiger partial charge in [0.2, 0.25) is 6.41 Å². The van der Waals surface area contributed by atoms with E-state index in [-0.39, 0.29) is 6.41 Å². The van der Waals surface area contributed by atoms with E-state index in [0.29, 0.717) is 4.90 Å². The van der Waals surface area contributed by atoms with Gasteiger partial charge in [0.05, 0.1) is 12.8 Å². The number of carbonyl (C=O) groups excluding carboxylic acids is 2. The number of amides is 2. The van der Waals surface area contributed by atoms with E-state index in [1.807, 2.05) is 0 Å². The Morgan fingerprint density at radius 1 is 1.42 bits per heavy atom. The molecule has 0 bridgehead atoms. The summed E-state index contributed by atoms with van der Waals surface area (Å²) in [5.74, 6) is -1.61. The summed E-state index contributed by atoms with van der Waals surface area (Å²) >= 11 is 0. The van der Waals surface area contributed by atoms with Crippen LogP contribution in [0.15, 0.2) is 12.0 Å². The molecule has 9 heteroatoms. The van der Waals surface area contributed by atoms with Crippen molar-refractivity contribution in [1.82, 2.24) is 10.2 Å². The highest BCUT2D eigenvalue weighted by Gasteiger charge is 2.44. The predicted molar refractivity (Wildman–Crippen MR) is 60.4 cm³/mol. The van der Waals surface area contributed by atoms with Gasteiger partial charge >= 0.3 is 0 Å². The SMILES string of the molecule is CNC(=O)/C(O)=C\N(C=O)C1OC(CO)C(O)C1O. The van der Waals surface area contributed by atoms with Crippen LogP contribution in [0.25, 0.3) is 0 Å². The molecule has 0 spiro atoms. The quantitative estimate of drug-likeness (QED) is 0.205. The molecule has 0 aromatic heterocycles. The Labute approximate surface area is 108 Å². The van der Waals surface area contributed by atoms with Gasteiger partial charge in [0.1, 0.15) is 18.3 Å². The van der Waals surface area contributed by atoms with Gasteiger partial charge in [-0.1, -0.05) is 0 Å². The van der Waals surface area contributed by atoms with Crippen LogP contribution in [-0.4, -0.2) is 75.8 Å². The highest BCUT2D eigenvalue weighted by Crippen LogP contribution is 2.23. The van der Waals surface area contributed by atoms with Gasteiger partial charge in [-0.05, 0) is 0 Å². The molecule has 1 saturated heterocycles. The summed E-state index contributed by atoms with van der Waals surface area (Å²) in [5, 5.41) is 39.6. The monoisotopic (exact) mass is 276 g/mol. The Hall–Kier alpha value is -1.68. The topological polar surface area (TPSA) is 140 Å². The van der Waals surface area contributed by atoms with Crippen molar-refractivity contribution in [2.45, 2.75) is 24.5 Å². The molecule has 1 rings (SSSR count). The third kappa shape index (κ3) is 3.20. The van der Waals surface area contributed by atoms with Crippen molar-refractivity contribution < 1.29 is 34.8 Å². The molecule has 0 radical (unpaired) electrons. The molecule has 1 heterocycles.